The van der Waals surface area contributed by atoms with Gasteiger partial charge in [-0.05, 0) is 35.9 Å². The number of carbonyl (C=O) groups excluding carboxylic acids is 2. The number of hydrogen-bond acceptors (Lipinski definition) is 3. The fourth-order valence-electron chi connectivity index (χ4n) is 2.90. The molecule has 0 fully saturated rings. The van der Waals surface area contributed by atoms with E-state index in [-0.39, 0.29) is 11.8 Å². The molecule has 5 nitrogen and oxygen atoms in total. The molecule has 3 aromatic rings. The molecule has 3 aromatic carbocycles. The molecular formula is C21H17N3O2. The number of nitrogens with one attached hydrogen (secondary N) is 3. The van der Waals surface area contributed by atoms with Crippen LogP contribution in [-0.2, 0) is 6.54 Å². The molecule has 0 spiro atoms. The molecule has 4 rings (SSSR count). The molecule has 128 valence electrons. The van der Waals surface area contributed by atoms with Crippen LogP contribution in [0.5, 0.6) is 0 Å². The van der Waals surface area contributed by atoms with E-state index >= 15 is 0 Å². The van der Waals surface area contributed by atoms with Gasteiger partial charge in [0.1, 0.15) is 0 Å². The third kappa shape index (κ3) is 3.15. The maximum Gasteiger partial charge on any atom is 0.257 e. The van der Waals surface area contributed by atoms with E-state index in [2.05, 4.69) is 16.0 Å². The Balaban J connectivity index is 1.55. The predicted molar refractivity (Wildman–Crippen MR) is 102 cm³/mol. The Morgan fingerprint density at radius 2 is 1.58 bits per heavy atom. The summed E-state index contributed by atoms with van der Waals surface area (Å²) in [6.45, 7) is 0.451. The molecule has 0 aliphatic carbocycles. The summed E-state index contributed by atoms with van der Waals surface area (Å²) in [4.78, 5) is 24.9. The third-order valence-corrected chi connectivity index (χ3v) is 4.27. The first-order valence-corrected chi connectivity index (χ1v) is 8.34. The fraction of sp³-hybridized carbons (Fsp3) is 0.0476. The minimum absolute atomic E-state index is 0.187. The van der Waals surface area contributed by atoms with Crippen molar-refractivity contribution in [2.45, 2.75) is 6.54 Å². The van der Waals surface area contributed by atoms with Gasteiger partial charge in [0.05, 0.1) is 22.6 Å². The molecule has 26 heavy (non-hydrogen) atoms. The van der Waals surface area contributed by atoms with Crippen molar-refractivity contribution in [3.63, 3.8) is 0 Å². The SMILES string of the molecule is O=C(NCc1ccccc1)c1ccc2c(c1)NC(=O)c1ccccc1N2. The predicted octanol–water partition coefficient (Wildman–Crippen LogP) is 3.93. The summed E-state index contributed by atoms with van der Waals surface area (Å²) >= 11 is 0. The quantitative estimate of drug-likeness (QED) is 0.675. The van der Waals surface area contributed by atoms with E-state index in [9.17, 15) is 9.59 Å². The summed E-state index contributed by atoms with van der Waals surface area (Å²) in [5.74, 6) is -0.388. The van der Waals surface area contributed by atoms with Gasteiger partial charge >= 0.3 is 0 Å². The lowest BCUT2D eigenvalue weighted by molar-refractivity contribution is 0.0949. The number of amides is 2. The Hall–Kier alpha value is -3.60. The lowest BCUT2D eigenvalue weighted by Gasteiger charge is -2.11. The zero-order valence-corrected chi connectivity index (χ0v) is 14.0. The molecule has 1 heterocycles. The maximum atomic E-state index is 12.4. The Bertz CT molecular complexity index is 984. The van der Waals surface area contributed by atoms with Crippen LogP contribution in [0.4, 0.5) is 17.1 Å². The molecule has 1 aliphatic heterocycles. The monoisotopic (exact) mass is 343 g/mol. The molecule has 0 saturated heterocycles. The van der Waals surface area contributed by atoms with Crippen LogP contribution in [0.1, 0.15) is 26.3 Å². The van der Waals surface area contributed by atoms with E-state index < -0.39 is 0 Å². The first-order valence-electron chi connectivity index (χ1n) is 8.34. The van der Waals surface area contributed by atoms with Crippen molar-refractivity contribution < 1.29 is 9.59 Å². The van der Waals surface area contributed by atoms with E-state index in [1.165, 1.54) is 0 Å². The minimum Gasteiger partial charge on any atom is -0.353 e. The van der Waals surface area contributed by atoms with Gasteiger partial charge < -0.3 is 16.0 Å². The van der Waals surface area contributed by atoms with Crippen molar-refractivity contribution in [3.8, 4) is 0 Å². The first kappa shape index (κ1) is 15.9. The number of rotatable bonds is 3. The minimum atomic E-state index is -0.200. The van der Waals surface area contributed by atoms with Crippen molar-refractivity contribution in [3.05, 3.63) is 89.5 Å². The van der Waals surface area contributed by atoms with Gasteiger partial charge in [-0.2, -0.15) is 0 Å². The molecule has 1 aliphatic rings. The molecule has 0 aromatic heterocycles. The molecule has 2 amide bonds. The highest BCUT2D eigenvalue weighted by Crippen LogP contribution is 2.32. The molecular weight excluding hydrogens is 326 g/mol. The van der Waals surface area contributed by atoms with Crippen LogP contribution in [0.25, 0.3) is 0 Å². The van der Waals surface area contributed by atoms with Gasteiger partial charge in [0.2, 0.25) is 0 Å². The van der Waals surface area contributed by atoms with E-state index in [0.29, 0.717) is 23.4 Å². The second-order valence-electron chi connectivity index (χ2n) is 6.05. The highest BCUT2D eigenvalue weighted by Gasteiger charge is 2.19. The second-order valence-corrected chi connectivity index (χ2v) is 6.05. The smallest absolute Gasteiger partial charge is 0.257 e. The molecule has 0 atom stereocenters. The van der Waals surface area contributed by atoms with E-state index in [1.54, 1.807) is 24.3 Å². The fourth-order valence-corrected chi connectivity index (χ4v) is 2.90. The number of anilines is 3. The van der Waals surface area contributed by atoms with Crippen LogP contribution in [0, 0.1) is 0 Å². The largest absolute Gasteiger partial charge is 0.353 e. The van der Waals surface area contributed by atoms with Gasteiger partial charge in [-0.1, -0.05) is 42.5 Å². The van der Waals surface area contributed by atoms with Crippen LogP contribution in [0.3, 0.4) is 0 Å². The number of para-hydroxylation sites is 1. The van der Waals surface area contributed by atoms with E-state index in [0.717, 1.165) is 16.9 Å². The highest BCUT2D eigenvalue weighted by molar-refractivity contribution is 6.12. The summed E-state index contributed by atoms with van der Waals surface area (Å²) in [6, 6.07) is 22.2. The van der Waals surface area contributed by atoms with Crippen molar-refractivity contribution in [2.75, 3.05) is 10.6 Å². The molecule has 0 saturated carbocycles. The Labute approximate surface area is 151 Å². The first-order chi connectivity index (χ1) is 12.7. The lowest BCUT2D eigenvalue weighted by atomic mass is 10.1. The van der Waals surface area contributed by atoms with E-state index in [1.807, 2.05) is 48.5 Å². The standard InChI is InChI=1S/C21H17N3O2/c25-20(22-13-14-6-2-1-3-7-14)15-10-11-18-19(12-15)24-21(26)16-8-4-5-9-17(16)23-18/h1-12,23H,13H2,(H,22,25)(H,24,26). The number of hydrogen-bond donors (Lipinski definition) is 3. The Morgan fingerprint density at radius 3 is 2.42 bits per heavy atom. The van der Waals surface area contributed by atoms with Gasteiger partial charge in [-0.15, -0.1) is 0 Å². The average molecular weight is 343 g/mol. The van der Waals surface area contributed by atoms with Crippen LogP contribution >= 0.6 is 0 Å². The van der Waals surface area contributed by atoms with Crippen LogP contribution < -0.4 is 16.0 Å². The summed E-state index contributed by atoms with van der Waals surface area (Å²) in [7, 11) is 0. The molecule has 3 N–H and O–H groups in total. The van der Waals surface area contributed by atoms with Crippen molar-refractivity contribution in [1.82, 2.24) is 5.32 Å². The van der Waals surface area contributed by atoms with Gasteiger partial charge in [0, 0.05) is 12.1 Å². The van der Waals surface area contributed by atoms with Gasteiger partial charge in [-0.25, -0.2) is 0 Å². The maximum absolute atomic E-state index is 12.4. The number of benzene rings is 3. The topological polar surface area (TPSA) is 70.2 Å². The van der Waals surface area contributed by atoms with Gasteiger partial charge in [0.15, 0.2) is 0 Å². The molecule has 0 bridgehead atoms. The van der Waals surface area contributed by atoms with Crippen molar-refractivity contribution in [2.24, 2.45) is 0 Å². The van der Waals surface area contributed by atoms with E-state index in [4.69, 9.17) is 0 Å². The highest BCUT2D eigenvalue weighted by atomic mass is 16.2. The number of fused-ring (bicyclic) bond motifs is 2. The summed E-state index contributed by atoms with van der Waals surface area (Å²) < 4.78 is 0. The Morgan fingerprint density at radius 1 is 0.808 bits per heavy atom. The third-order valence-electron chi connectivity index (χ3n) is 4.27. The normalized spacial score (nSPS) is 12.1. The zero-order chi connectivity index (χ0) is 17.9. The summed E-state index contributed by atoms with van der Waals surface area (Å²) in [6.07, 6.45) is 0. The zero-order valence-electron chi connectivity index (χ0n) is 14.0. The average Bonchev–Trinajstić information content (AvgIpc) is 2.82. The van der Waals surface area contributed by atoms with Crippen molar-refractivity contribution >= 4 is 28.9 Å². The van der Waals surface area contributed by atoms with Crippen molar-refractivity contribution in [1.29, 1.82) is 0 Å². The molecule has 0 unspecified atom stereocenters. The van der Waals surface area contributed by atoms with Gasteiger partial charge in [-0.3, -0.25) is 9.59 Å². The van der Waals surface area contributed by atoms with Gasteiger partial charge in [0.25, 0.3) is 11.8 Å². The second kappa shape index (κ2) is 6.72. The van der Waals surface area contributed by atoms with Crippen LogP contribution in [0.2, 0.25) is 0 Å². The molecule has 5 heteroatoms. The summed E-state index contributed by atoms with van der Waals surface area (Å²) in [5, 5.41) is 9.00. The summed E-state index contributed by atoms with van der Waals surface area (Å²) in [5.41, 5.74) is 4.17. The van der Waals surface area contributed by atoms with Crippen LogP contribution in [0.15, 0.2) is 72.8 Å². The lowest BCUT2D eigenvalue weighted by Crippen LogP contribution is -2.23. The van der Waals surface area contributed by atoms with Crippen LogP contribution in [-0.4, -0.2) is 11.8 Å². The number of carbonyl (C=O) groups is 2. The molecule has 0 radical (unpaired) electrons. The Kier molecular flexibility index (Phi) is 4.11.